The zero-order valence-corrected chi connectivity index (χ0v) is 11.5. The molecule has 1 unspecified atom stereocenters. The maximum Gasteiger partial charge on any atom is 0.387 e. The van der Waals surface area contributed by atoms with Gasteiger partial charge in [0.15, 0.2) is 0 Å². The smallest absolute Gasteiger partial charge is 0.387 e. The first-order valence-corrected chi connectivity index (χ1v) is 6.65. The van der Waals surface area contributed by atoms with Crippen molar-refractivity contribution in [2.75, 3.05) is 6.54 Å². The Hall–Kier alpha value is -2.01. The summed E-state index contributed by atoms with van der Waals surface area (Å²) in [6, 6.07) is 12.1. The second-order valence-electron chi connectivity index (χ2n) is 4.43. The van der Waals surface area contributed by atoms with Gasteiger partial charge in [-0.15, -0.1) is 0 Å². The number of alkyl halides is 2. The van der Waals surface area contributed by atoms with Crippen molar-refractivity contribution < 1.29 is 17.9 Å². The summed E-state index contributed by atoms with van der Waals surface area (Å²) >= 11 is 0. The fraction of sp³-hybridized carbons (Fsp3) is 0.250. The fourth-order valence-electron chi connectivity index (χ4n) is 2.22. The van der Waals surface area contributed by atoms with Gasteiger partial charge >= 0.3 is 6.61 Å². The van der Waals surface area contributed by atoms with E-state index in [1.54, 1.807) is 36.4 Å². The number of hydrogen-bond acceptors (Lipinski definition) is 2. The van der Waals surface area contributed by atoms with Crippen LogP contribution in [0.4, 0.5) is 13.2 Å². The van der Waals surface area contributed by atoms with Crippen LogP contribution >= 0.6 is 0 Å². The third kappa shape index (κ3) is 3.76. The zero-order chi connectivity index (χ0) is 15.2. The number of benzene rings is 2. The van der Waals surface area contributed by atoms with Crippen molar-refractivity contribution in [3.05, 3.63) is 65.5 Å². The van der Waals surface area contributed by atoms with Crippen LogP contribution in [0.2, 0.25) is 0 Å². The summed E-state index contributed by atoms with van der Waals surface area (Å²) in [4.78, 5) is 0. The Morgan fingerprint density at radius 1 is 1.00 bits per heavy atom. The molecule has 0 fully saturated rings. The molecule has 0 amide bonds. The summed E-state index contributed by atoms with van der Waals surface area (Å²) in [6.45, 7) is -0.499. The van der Waals surface area contributed by atoms with Crippen molar-refractivity contribution in [1.29, 1.82) is 0 Å². The van der Waals surface area contributed by atoms with E-state index in [1.807, 2.05) is 6.92 Å². The number of nitrogens with one attached hydrogen (secondary N) is 1. The molecular weight excluding hydrogens is 279 g/mol. The van der Waals surface area contributed by atoms with Gasteiger partial charge in [0.25, 0.3) is 0 Å². The Labute approximate surface area is 121 Å². The molecule has 2 aromatic rings. The van der Waals surface area contributed by atoms with Gasteiger partial charge in [-0.05, 0) is 18.7 Å². The predicted octanol–water partition coefficient (Wildman–Crippen LogP) is 4.13. The highest BCUT2D eigenvalue weighted by atomic mass is 19.3. The first kappa shape index (κ1) is 15.4. The first-order valence-electron chi connectivity index (χ1n) is 6.65. The Kier molecular flexibility index (Phi) is 5.22. The van der Waals surface area contributed by atoms with Crippen molar-refractivity contribution in [2.24, 2.45) is 0 Å². The van der Waals surface area contributed by atoms with Gasteiger partial charge in [0.05, 0.1) is 6.04 Å². The van der Waals surface area contributed by atoms with Crippen LogP contribution < -0.4 is 10.1 Å². The molecule has 0 aliphatic heterocycles. The Morgan fingerprint density at radius 2 is 1.62 bits per heavy atom. The molecule has 2 rings (SSSR count). The molecule has 1 N–H and O–H groups in total. The van der Waals surface area contributed by atoms with Crippen molar-refractivity contribution in [3.8, 4) is 5.75 Å². The third-order valence-electron chi connectivity index (χ3n) is 3.07. The lowest BCUT2D eigenvalue weighted by Crippen LogP contribution is -2.24. The second-order valence-corrected chi connectivity index (χ2v) is 4.43. The molecule has 21 heavy (non-hydrogen) atoms. The molecule has 5 heteroatoms. The highest BCUT2D eigenvalue weighted by molar-refractivity contribution is 5.42. The summed E-state index contributed by atoms with van der Waals surface area (Å²) in [5.41, 5.74) is 0.870. The average molecular weight is 295 g/mol. The Morgan fingerprint density at radius 3 is 2.24 bits per heavy atom. The summed E-state index contributed by atoms with van der Waals surface area (Å²) in [5, 5.41) is 3.10. The molecule has 2 aromatic carbocycles. The predicted molar refractivity (Wildman–Crippen MR) is 75.0 cm³/mol. The van der Waals surface area contributed by atoms with Crippen LogP contribution in [0.5, 0.6) is 5.75 Å². The second kappa shape index (κ2) is 7.13. The van der Waals surface area contributed by atoms with Gasteiger partial charge in [0, 0.05) is 11.1 Å². The molecule has 0 saturated carbocycles. The van der Waals surface area contributed by atoms with E-state index in [9.17, 15) is 13.2 Å². The van der Waals surface area contributed by atoms with Gasteiger partial charge in [-0.25, -0.2) is 4.39 Å². The molecule has 0 aliphatic rings. The maximum atomic E-state index is 14.0. The molecule has 0 spiro atoms. The van der Waals surface area contributed by atoms with E-state index in [0.717, 1.165) is 0 Å². The van der Waals surface area contributed by atoms with Crippen LogP contribution in [0.25, 0.3) is 0 Å². The highest BCUT2D eigenvalue weighted by Crippen LogP contribution is 2.32. The number of hydrogen-bond donors (Lipinski definition) is 1. The van der Waals surface area contributed by atoms with Crippen LogP contribution in [0.3, 0.4) is 0 Å². The molecule has 0 aliphatic carbocycles. The van der Waals surface area contributed by atoms with Gasteiger partial charge in [-0.1, -0.05) is 43.3 Å². The summed E-state index contributed by atoms with van der Waals surface area (Å²) in [5.74, 6) is -0.350. The van der Waals surface area contributed by atoms with E-state index in [0.29, 0.717) is 17.7 Å². The van der Waals surface area contributed by atoms with Crippen LogP contribution in [-0.2, 0) is 0 Å². The van der Waals surface area contributed by atoms with E-state index < -0.39 is 18.5 Å². The van der Waals surface area contributed by atoms with Crippen molar-refractivity contribution in [2.45, 2.75) is 19.6 Å². The molecule has 0 aromatic heterocycles. The topological polar surface area (TPSA) is 21.3 Å². The largest absolute Gasteiger partial charge is 0.434 e. The monoisotopic (exact) mass is 295 g/mol. The number of ether oxygens (including phenoxy) is 1. The lowest BCUT2D eigenvalue weighted by molar-refractivity contribution is -0.0506. The van der Waals surface area contributed by atoms with Crippen molar-refractivity contribution in [1.82, 2.24) is 5.32 Å². The van der Waals surface area contributed by atoms with Gasteiger partial charge in [-0.2, -0.15) is 8.78 Å². The molecule has 0 saturated heterocycles. The average Bonchev–Trinajstić information content (AvgIpc) is 2.46. The highest BCUT2D eigenvalue weighted by Gasteiger charge is 2.21. The molecule has 0 radical (unpaired) electrons. The molecule has 1 atom stereocenters. The van der Waals surface area contributed by atoms with E-state index in [2.05, 4.69) is 10.1 Å². The van der Waals surface area contributed by atoms with Crippen molar-refractivity contribution >= 4 is 0 Å². The van der Waals surface area contributed by atoms with E-state index >= 15 is 0 Å². The number of rotatable bonds is 6. The van der Waals surface area contributed by atoms with Crippen LogP contribution in [0.1, 0.15) is 24.1 Å². The van der Waals surface area contributed by atoms with Crippen LogP contribution in [0, 0.1) is 5.82 Å². The molecule has 112 valence electrons. The quantitative estimate of drug-likeness (QED) is 0.865. The van der Waals surface area contributed by atoms with E-state index in [-0.39, 0.29) is 5.75 Å². The van der Waals surface area contributed by atoms with Gasteiger partial charge < -0.3 is 10.1 Å². The number of halogens is 3. The minimum atomic E-state index is -2.92. The van der Waals surface area contributed by atoms with E-state index in [4.69, 9.17) is 0 Å². The summed E-state index contributed by atoms with van der Waals surface area (Å²) < 4.78 is 43.6. The molecule has 2 nitrogen and oxygen atoms in total. The van der Waals surface area contributed by atoms with Gasteiger partial charge in [0.1, 0.15) is 11.6 Å². The molecule has 0 heterocycles. The minimum absolute atomic E-state index is 0.0432. The molecule has 0 bridgehead atoms. The van der Waals surface area contributed by atoms with Crippen LogP contribution in [-0.4, -0.2) is 13.2 Å². The van der Waals surface area contributed by atoms with Gasteiger partial charge in [-0.3, -0.25) is 0 Å². The fourth-order valence-corrected chi connectivity index (χ4v) is 2.22. The summed E-state index contributed by atoms with van der Waals surface area (Å²) in [7, 11) is 0. The first-order chi connectivity index (χ1) is 10.1. The minimum Gasteiger partial charge on any atom is -0.434 e. The normalized spacial score (nSPS) is 12.4. The van der Waals surface area contributed by atoms with Crippen LogP contribution in [0.15, 0.2) is 48.5 Å². The summed E-state index contributed by atoms with van der Waals surface area (Å²) in [6.07, 6.45) is 0. The molecular formula is C16H16F3NO. The van der Waals surface area contributed by atoms with E-state index in [1.165, 1.54) is 12.1 Å². The maximum absolute atomic E-state index is 14.0. The third-order valence-corrected chi connectivity index (χ3v) is 3.07. The SMILES string of the molecule is CCNC(c1ccccc1F)c1ccccc1OC(F)F. The standard InChI is InChI=1S/C16H16F3NO/c1-2-20-15(11-7-3-5-9-13(11)17)12-8-4-6-10-14(12)21-16(18)19/h3-10,15-16,20H,2H2,1H3. The van der Waals surface area contributed by atoms with Crippen molar-refractivity contribution in [3.63, 3.8) is 0 Å². The van der Waals surface area contributed by atoms with Gasteiger partial charge in [0.2, 0.25) is 0 Å². The zero-order valence-electron chi connectivity index (χ0n) is 11.5. The Balaban J connectivity index is 2.46. The number of para-hydroxylation sites is 1. The lowest BCUT2D eigenvalue weighted by atomic mass is 9.97. The Bertz CT molecular complexity index is 589. The lowest BCUT2D eigenvalue weighted by Gasteiger charge is -2.22.